The quantitative estimate of drug-likeness (QED) is 0.806. The first-order valence-corrected chi connectivity index (χ1v) is 6.48. The molecule has 0 bridgehead atoms. The van der Waals surface area contributed by atoms with Crippen molar-refractivity contribution in [2.24, 2.45) is 0 Å². The monoisotopic (exact) mass is 284 g/mol. The summed E-state index contributed by atoms with van der Waals surface area (Å²) in [5.74, 6) is -0.258. The summed E-state index contributed by atoms with van der Waals surface area (Å²) in [7, 11) is 0. The summed E-state index contributed by atoms with van der Waals surface area (Å²) in [6.07, 6.45) is 0. The maximum Gasteiger partial charge on any atom is 0.255 e. The van der Waals surface area contributed by atoms with Crippen molar-refractivity contribution in [1.82, 2.24) is 5.32 Å². The molecule has 0 unspecified atom stereocenters. The van der Waals surface area contributed by atoms with Gasteiger partial charge in [0.25, 0.3) is 5.91 Å². The third kappa shape index (κ3) is 4.35. The van der Waals surface area contributed by atoms with Gasteiger partial charge in [-0.05, 0) is 29.8 Å². The van der Waals surface area contributed by atoms with Gasteiger partial charge < -0.3 is 15.7 Å². The largest absolute Gasteiger partial charge is 0.508 e. The molecule has 5 heteroatoms. The molecule has 0 aliphatic carbocycles. The molecule has 0 heterocycles. The van der Waals surface area contributed by atoms with Crippen LogP contribution in [0, 0.1) is 0 Å². The molecular formula is C16H16N2O3. The topological polar surface area (TPSA) is 78.4 Å². The van der Waals surface area contributed by atoms with Gasteiger partial charge in [0.2, 0.25) is 5.91 Å². The van der Waals surface area contributed by atoms with Gasteiger partial charge in [-0.3, -0.25) is 9.59 Å². The van der Waals surface area contributed by atoms with Crippen LogP contribution in [0.25, 0.3) is 0 Å². The number of carbonyl (C=O) groups excluding carboxylic acids is 2. The first-order valence-electron chi connectivity index (χ1n) is 6.48. The maximum absolute atomic E-state index is 12.0. The Balaban J connectivity index is 2.01. The third-order valence-electron chi connectivity index (χ3n) is 2.86. The molecule has 0 aliphatic rings. The smallest absolute Gasteiger partial charge is 0.255 e. The first kappa shape index (κ1) is 14.6. The number of phenols is 1. The zero-order chi connectivity index (χ0) is 15.2. The van der Waals surface area contributed by atoms with E-state index in [1.165, 1.54) is 19.1 Å². The highest BCUT2D eigenvalue weighted by Gasteiger charge is 2.06. The van der Waals surface area contributed by atoms with E-state index in [2.05, 4.69) is 10.6 Å². The van der Waals surface area contributed by atoms with Crippen LogP contribution in [-0.2, 0) is 11.3 Å². The highest BCUT2D eigenvalue weighted by atomic mass is 16.3. The van der Waals surface area contributed by atoms with Crippen LogP contribution in [0.15, 0.2) is 48.5 Å². The number of nitrogens with one attached hydrogen (secondary N) is 2. The summed E-state index contributed by atoms with van der Waals surface area (Å²) < 4.78 is 0. The normalized spacial score (nSPS) is 9.95. The van der Waals surface area contributed by atoms with Crippen molar-refractivity contribution >= 4 is 17.5 Å². The van der Waals surface area contributed by atoms with Crippen molar-refractivity contribution in [2.75, 3.05) is 5.32 Å². The molecule has 2 amide bonds. The van der Waals surface area contributed by atoms with E-state index in [-0.39, 0.29) is 17.6 Å². The number of benzene rings is 2. The summed E-state index contributed by atoms with van der Waals surface area (Å²) in [5, 5.41) is 14.7. The number of anilines is 1. The lowest BCUT2D eigenvalue weighted by Crippen LogP contribution is -2.19. The Morgan fingerprint density at radius 3 is 2.43 bits per heavy atom. The molecule has 21 heavy (non-hydrogen) atoms. The zero-order valence-electron chi connectivity index (χ0n) is 11.6. The predicted octanol–water partition coefficient (Wildman–Crippen LogP) is 2.28. The van der Waals surface area contributed by atoms with Gasteiger partial charge in [0.05, 0.1) is 0 Å². The molecule has 0 radical (unpaired) electrons. The van der Waals surface area contributed by atoms with Gasteiger partial charge in [-0.25, -0.2) is 0 Å². The van der Waals surface area contributed by atoms with Gasteiger partial charge in [0.15, 0.2) is 0 Å². The van der Waals surface area contributed by atoms with Crippen LogP contribution in [-0.4, -0.2) is 16.9 Å². The van der Waals surface area contributed by atoms with Crippen molar-refractivity contribution in [3.63, 3.8) is 0 Å². The standard InChI is InChI=1S/C16H16N2O3/c1-11(19)17-10-12-5-7-13(8-6-12)16(21)18-14-3-2-4-15(20)9-14/h2-9,20H,10H2,1H3,(H,17,19)(H,18,21). The van der Waals surface area contributed by atoms with Crippen LogP contribution in [0.1, 0.15) is 22.8 Å². The molecule has 0 aromatic heterocycles. The van der Waals surface area contributed by atoms with Gasteiger partial charge >= 0.3 is 0 Å². The van der Waals surface area contributed by atoms with Crippen molar-refractivity contribution in [3.8, 4) is 5.75 Å². The molecule has 2 aromatic rings. The average Bonchev–Trinajstić information content (AvgIpc) is 2.45. The van der Waals surface area contributed by atoms with E-state index in [9.17, 15) is 14.7 Å². The summed E-state index contributed by atoms with van der Waals surface area (Å²) in [4.78, 5) is 22.9. The second-order valence-corrected chi connectivity index (χ2v) is 4.61. The Labute approximate surface area is 122 Å². The molecule has 0 saturated carbocycles. The molecule has 0 fully saturated rings. The van der Waals surface area contributed by atoms with Crippen molar-refractivity contribution < 1.29 is 14.7 Å². The van der Waals surface area contributed by atoms with Gasteiger partial charge in [-0.15, -0.1) is 0 Å². The highest BCUT2D eigenvalue weighted by molar-refractivity contribution is 6.04. The van der Waals surface area contributed by atoms with Crippen LogP contribution in [0.4, 0.5) is 5.69 Å². The summed E-state index contributed by atoms with van der Waals surface area (Å²) in [6, 6.07) is 13.3. The fraction of sp³-hybridized carbons (Fsp3) is 0.125. The maximum atomic E-state index is 12.0. The minimum Gasteiger partial charge on any atom is -0.508 e. The number of amides is 2. The third-order valence-corrected chi connectivity index (χ3v) is 2.86. The molecule has 0 aliphatic heterocycles. The Hall–Kier alpha value is -2.82. The van der Waals surface area contributed by atoms with Crippen LogP contribution in [0.5, 0.6) is 5.75 Å². The minimum atomic E-state index is -0.258. The molecule has 2 rings (SSSR count). The van der Waals surface area contributed by atoms with E-state index >= 15 is 0 Å². The van der Waals surface area contributed by atoms with E-state index in [4.69, 9.17) is 0 Å². The highest BCUT2D eigenvalue weighted by Crippen LogP contribution is 2.16. The zero-order valence-corrected chi connectivity index (χ0v) is 11.6. The second-order valence-electron chi connectivity index (χ2n) is 4.61. The summed E-state index contributed by atoms with van der Waals surface area (Å²) in [5.41, 5.74) is 1.95. The van der Waals surface area contributed by atoms with Gasteiger partial charge in [-0.2, -0.15) is 0 Å². The van der Waals surface area contributed by atoms with Crippen molar-refractivity contribution in [2.45, 2.75) is 13.5 Å². The number of carbonyl (C=O) groups is 2. The number of hydrogen-bond acceptors (Lipinski definition) is 3. The molecule has 0 atom stereocenters. The lowest BCUT2D eigenvalue weighted by Gasteiger charge is -2.07. The van der Waals surface area contributed by atoms with E-state index in [0.29, 0.717) is 17.8 Å². The van der Waals surface area contributed by atoms with E-state index < -0.39 is 0 Å². The average molecular weight is 284 g/mol. The number of aromatic hydroxyl groups is 1. The Morgan fingerprint density at radius 2 is 1.81 bits per heavy atom. The SMILES string of the molecule is CC(=O)NCc1ccc(C(=O)Nc2cccc(O)c2)cc1. The van der Waals surface area contributed by atoms with Crippen LogP contribution >= 0.6 is 0 Å². The van der Waals surface area contributed by atoms with E-state index in [1.54, 1.807) is 36.4 Å². The lowest BCUT2D eigenvalue weighted by molar-refractivity contribution is -0.119. The number of hydrogen-bond donors (Lipinski definition) is 3. The van der Waals surface area contributed by atoms with Gasteiger partial charge in [0, 0.05) is 30.8 Å². The lowest BCUT2D eigenvalue weighted by atomic mass is 10.1. The van der Waals surface area contributed by atoms with Crippen molar-refractivity contribution in [3.05, 3.63) is 59.7 Å². The Morgan fingerprint density at radius 1 is 1.10 bits per heavy atom. The van der Waals surface area contributed by atoms with Gasteiger partial charge in [0.1, 0.15) is 5.75 Å². The molecule has 108 valence electrons. The second kappa shape index (κ2) is 6.56. The minimum absolute atomic E-state index is 0.0958. The van der Waals surface area contributed by atoms with Crippen LogP contribution < -0.4 is 10.6 Å². The van der Waals surface area contributed by atoms with Crippen LogP contribution in [0.2, 0.25) is 0 Å². The Kier molecular flexibility index (Phi) is 4.56. The van der Waals surface area contributed by atoms with Crippen LogP contribution in [0.3, 0.4) is 0 Å². The number of rotatable bonds is 4. The molecular weight excluding hydrogens is 268 g/mol. The molecule has 0 spiro atoms. The predicted molar refractivity (Wildman–Crippen MR) is 80.0 cm³/mol. The molecule has 5 nitrogen and oxygen atoms in total. The number of phenolic OH excluding ortho intramolecular Hbond substituents is 1. The fourth-order valence-corrected chi connectivity index (χ4v) is 1.79. The first-order chi connectivity index (χ1) is 10.0. The molecule has 2 aromatic carbocycles. The van der Waals surface area contributed by atoms with Gasteiger partial charge in [-0.1, -0.05) is 18.2 Å². The van der Waals surface area contributed by atoms with E-state index in [0.717, 1.165) is 5.56 Å². The summed E-state index contributed by atoms with van der Waals surface area (Å²) >= 11 is 0. The Bertz CT molecular complexity index is 651. The van der Waals surface area contributed by atoms with E-state index in [1.807, 2.05) is 0 Å². The van der Waals surface area contributed by atoms with Crippen molar-refractivity contribution in [1.29, 1.82) is 0 Å². The molecule has 0 saturated heterocycles. The fourth-order valence-electron chi connectivity index (χ4n) is 1.79. The molecule has 3 N–H and O–H groups in total. The summed E-state index contributed by atoms with van der Waals surface area (Å²) in [6.45, 7) is 1.89.